The average molecular weight is 352 g/mol. The van der Waals surface area contributed by atoms with Gasteiger partial charge in [-0.05, 0) is 11.1 Å². The van der Waals surface area contributed by atoms with Crippen molar-refractivity contribution in [3.63, 3.8) is 0 Å². The van der Waals surface area contributed by atoms with Crippen LogP contribution in [0, 0.1) is 0 Å². The van der Waals surface area contributed by atoms with E-state index in [-0.39, 0.29) is 24.8 Å². The molecule has 1 aromatic carbocycles. The summed E-state index contributed by atoms with van der Waals surface area (Å²) < 4.78 is 38.7. The summed E-state index contributed by atoms with van der Waals surface area (Å²) >= 11 is 0. The van der Waals surface area contributed by atoms with Crippen molar-refractivity contribution in [2.45, 2.75) is 32.4 Å². The molecule has 1 amide bonds. The second-order valence-electron chi connectivity index (χ2n) is 6.25. The molecule has 2 heterocycles. The highest BCUT2D eigenvalue weighted by atomic mass is 19.4. The van der Waals surface area contributed by atoms with E-state index in [0.717, 1.165) is 4.57 Å². The lowest BCUT2D eigenvalue weighted by atomic mass is 10.1. The summed E-state index contributed by atoms with van der Waals surface area (Å²) in [4.78, 5) is 19.8. The third-order valence-corrected chi connectivity index (χ3v) is 4.22. The average Bonchev–Trinajstić information content (AvgIpc) is 3.11. The lowest BCUT2D eigenvalue weighted by molar-refractivity contribution is -0.141. The molecule has 8 heteroatoms. The molecule has 0 spiro atoms. The quantitative estimate of drug-likeness (QED) is 0.830. The third-order valence-electron chi connectivity index (χ3n) is 4.22. The molecule has 0 aliphatic carbocycles. The first kappa shape index (κ1) is 17.5. The standard InChI is InChI=1S/C17H19F3N4O/c1-22(10-15-21-6-7-24(15)12-17(18,19)20)16(25)11-23-8-13-4-2-3-5-14(13)9-23/h2-7H,8-12H2,1H3. The Morgan fingerprint density at radius 1 is 1.24 bits per heavy atom. The van der Waals surface area contributed by atoms with Gasteiger partial charge < -0.3 is 9.47 Å². The van der Waals surface area contributed by atoms with Gasteiger partial charge in [0.1, 0.15) is 12.4 Å². The van der Waals surface area contributed by atoms with E-state index in [1.807, 2.05) is 29.2 Å². The van der Waals surface area contributed by atoms with Crippen LogP contribution < -0.4 is 0 Å². The number of carbonyl (C=O) groups is 1. The Balaban J connectivity index is 1.57. The number of carbonyl (C=O) groups excluding carboxylic acids is 1. The van der Waals surface area contributed by atoms with E-state index < -0.39 is 12.7 Å². The van der Waals surface area contributed by atoms with Crippen molar-refractivity contribution in [2.24, 2.45) is 0 Å². The van der Waals surface area contributed by atoms with Crippen LogP contribution in [-0.4, -0.2) is 45.0 Å². The summed E-state index contributed by atoms with van der Waals surface area (Å²) in [5, 5.41) is 0. The fraction of sp³-hybridized carbons (Fsp3) is 0.412. The molecule has 2 aromatic rings. The summed E-state index contributed by atoms with van der Waals surface area (Å²) in [6.45, 7) is 0.580. The van der Waals surface area contributed by atoms with Gasteiger partial charge in [-0.3, -0.25) is 9.69 Å². The highest BCUT2D eigenvalue weighted by molar-refractivity contribution is 5.78. The van der Waals surface area contributed by atoms with E-state index in [0.29, 0.717) is 13.1 Å². The van der Waals surface area contributed by atoms with Crippen LogP contribution in [0.15, 0.2) is 36.7 Å². The van der Waals surface area contributed by atoms with Gasteiger partial charge >= 0.3 is 6.18 Å². The van der Waals surface area contributed by atoms with Gasteiger partial charge in [-0.2, -0.15) is 13.2 Å². The number of benzene rings is 1. The SMILES string of the molecule is CN(Cc1nccn1CC(F)(F)F)C(=O)CN1Cc2ccccc2C1. The lowest BCUT2D eigenvalue weighted by Crippen LogP contribution is -2.36. The zero-order chi connectivity index (χ0) is 18.0. The molecular weight excluding hydrogens is 333 g/mol. The number of hydrogen-bond acceptors (Lipinski definition) is 3. The fourth-order valence-corrected chi connectivity index (χ4v) is 2.96. The fourth-order valence-electron chi connectivity index (χ4n) is 2.96. The summed E-state index contributed by atoms with van der Waals surface area (Å²) in [5.74, 6) is 0.0762. The number of hydrogen-bond donors (Lipinski definition) is 0. The van der Waals surface area contributed by atoms with Gasteiger partial charge in [0.15, 0.2) is 0 Å². The highest BCUT2D eigenvalue weighted by Gasteiger charge is 2.29. The molecule has 1 aliphatic heterocycles. The molecule has 3 rings (SSSR count). The van der Waals surface area contributed by atoms with Crippen molar-refractivity contribution in [3.8, 4) is 0 Å². The van der Waals surface area contributed by atoms with Crippen LogP contribution in [0.1, 0.15) is 17.0 Å². The molecule has 134 valence electrons. The molecular formula is C17H19F3N4O. The first-order chi connectivity index (χ1) is 11.8. The molecule has 0 unspecified atom stereocenters. The summed E-state index contributed by atoms with van der Waals surface area (Å²) in [7, 11) is 1.58. The zero-order valence-corrected chi connectivity index (χ0v) is 13.8. The van der Waals surface area contributed by atoms with Gasteiger partial charge in [0.25, 0.3) is 0 Å². The van der Waals surface area contributed by atoms with Gasteiger partial charge in [-0.1, -0.05) is 24.3 Å². The van der Waals surface area contributed by atoms with E-state index >= 15 is 0 Å². The first-order valence-corrected chi connectivity index (χ1v) is 7.92. The second kappa shape index (κ2) is 6.87. The van der Waals surface area contributed by atoms with E-state index in [2.05, 4.69) is 4.98 Å². The lowest BCUT2D eigenvalue weighted by Gasteiger charge is -2.21. The normalized spacial score (nSPS) is 14.6. The van der Waals surface area contributed by atoms with Gasteiger partial charge in [-0.15, -0.1) is 0 Å². The molecule has 0 bridgehead atoms. The Morgan fingerprint density at radius 3 is 2.48 bits per heavy atom. The molecule has 1 aliphatic rings. The maximum atomic E-state index is 12.6. The molecule has 0 atom stereocenters. The second-order valence-corrected chi connectivity index (χ2v) is 6.25. The number of imidazole rings is 1. The predicted octanol–water partition coefficient (Wildman–Crippen LogP) is 2.42. The van der Waals surface area contributed by atoms with Gasteiger partial charge in [0, 0.05) is 32.5 Å². The van der Waals surface area contributed by atoms with E-state index in [4.69, 9.17) is 0 Å². The van der Waals surface area contributed by atoms with Crippen molar-refractivity contribution >= 4 is 5.91 Å². The smallest absolute Gasteiger partial charge is 0.337 e. The molecule has 0 saturated heterocycles. The monoisotopic (exact) mass is 352 g/mol. The van der Waals surface area contributed by atoms with Crippen molar-refractivity contribution in [1.82, 2.24) is 19.4 Å². The molecule has 0 radical (unpaired) electrons. The van der Waals surface area contributed by atoms with Crippen molar-refractivity contribution in [2.75, 3.05) is 13.6 Å². The van der Waals surface area contributed by atoms with Crippen molar-refractivity contribution in [3.05, 3.63) is 53.6 Å². The Morgan fingerprint density at radius 2 is 1.88 bits per heavy atom. The molecule has 1 aromatic heterocycles. The minimum atomic E-state index is -4.32. The van der Waals surface area contributed by atoms with Crippen molar-refractivity contribution < 1.29 is 18.0 Å². The Kier molecular flexibility index (Phi) is 4.80. The number of nitrogens with zero attached hydrogens (tertiary/aromatic N) is 4. The summed E-state index contributed by atoms with van der Waals surface area (Å²) in [6.07, 6.45) is -1.73. The maximum absolute atomic E-state index is 12.6. The Labute approximate surface area is 143 Å². The van der Waals surface area contributed by atoms with Gasteiger partial charge in [0.2, 0.25) is 5.91 Å². The van der Waals surface area contributed by atoms with E-state index in [9.17, 15) is 18.0 Å². The molecule has 5 nitrogen and oxygen atoms in total. The Bertz CT molecular complexity index is 731. The van der Waals surface area contributed by atoms with Crippen LogP contribution in [0.25, 0.3) is 0 Å². The highest BCUT2D eigenvalue weighted by Crippen LogP contribution is 2.22. The van der Waals surface area contributed by atoms with Crippen LogP contribution in [-0.2, 0) is 31.0 Å². The van der Waals surface area contributed by atoms with Gasteiger partial charge in [-0.25, -0.2) is 4.98 Å². The Hall–Kier alpha value is -2.35. The molecule has 0 fully saturated rings. The minimum Gasteiger partial charge on any atom is -0.337 e. The molecule has 0 N–H and O–H groups in total. The maximum Gasteiger partial charge on any atom is 0.406 e. The van der Waals surface area contributed by atoms with Gasteiger partial charge in [0.05, 0.1) is 13.1 Å². The number of likely N-dealkylation sites (N-methyl/N-ethyl adjacent to an activating group) is 1. The van der Waals surface area contributed by atoms with Crippen LogP contribution in [0.2, 0.25) is 0 Å². The number of fused-ring (bicyclic) bond motifs is 1. The van der Waals surface area contributed by atoms with Crippen LogP contribution in [0.3, 0.4) is 0 Å². The predicted molar refractivity (Wildman–Crippen MR) is 85.3 cm³/mol. The van der Waals surface area contributed by atoms with Crippen LogP contribution in [0.5, 0.6) is 0 Å². The first-order valence-electron chi connectivity index (χ1n) is 7.92. The largest absolute Gasteiger partial charge is 0.406 e. The topological polar surface area (TPSA) is 41.4 Å². The number of aromatic nitrogens is 2. The summed E-state index contributed by atoms with van der Waals surface area (Å²) in [5.41, 5.74) is 2.41. The number of amides is 1. The van der Waals surface area contributed by atoms with Crippen molar-refractivity contribution in [1.29, 1.82) is 0 Å². The van der Waals surface area contributed by atoms with E-state index in [1.165, 1.54) is 28.4 Å². The zero-order valence-electron chi connectivity index (χ0n) is 13.8. The van der Waals surface area contributed by atoms with Crippen LogP contribution in [0.4, 0.5) is 13.2 Å². The van der Waals surface area contributed by atoms with E-state index in [1.54, 1.807) is 7.05 Å². The van der Waals surface area contributed by atoms with Crippen LogP contribution >= 0.6 is 0 Å². The molecule has 25 heavy (non-hydrogen) atoms. The minimum absolute atomic E-state index is 0.0443. The summed E-state index contributed by atoms with van der Waals surface area (Å²) in [6, 6.07) is 8.02. The number of halogens is 3. The number of rotatable bonds is 5. The number of alkyl halides is 3. The third kappa shape index (κ3) is 4.39. The molecule has 0 saturated carbocycles.